The molecule has 2 atom stereocenters. The van der Waals surface area contributed by atoms with Crippen LogP contribution in [0.2, 0.25) is 5.02 Å². The predicted molar refractivity (Wildman–Crippen MR) is 94.0 cm³/mol. The van der Waals surface area contributed by atoms with Gasteiger partial charge in [-0.1, -0.05) is 17.7 Å². The molecule has 2 fully saturated rings. The Hall–Kier alpha value is -1.07. The van der Waals surface area contributed by atoms with Crippen LogP contribution in [-0.2, 0) is 6.54 Å². The standard InChI is InChI=1S/C17H20ClN3O.ClH/c18-14-3-1-2-12(8-14)17-20-15(11-22-17)10-21-7-5-16-13(9-21)4-6-19-16;/h1-3,8,11,13,16,19H,4-7,9-10H2;1H. The molecule has 23 heavy (non-hydrogen) atoms. The molecule has 2 saturated heterocycles. The highest BCUT2D eigenvalue weighted by atomic mass is 35.5. The summed E-state index contributed by atoms with van der Waals surface area (Å²) >= 11 is 6.03. The predicted octanol–water partition coefficient (Wildman–Crippen LogP) is 3.60. The van der Waals surface area contributed by atoms with Crippen LogP contribution in [0.4, 0.5) is 0 Å². The molecular weight excluding hydrogens is 333 g/mol. The molecule has 3 heterocycles. The maximum absolute atomic E-state index is 6.03. The van der Waals surface area contributed by atoms with Gasteiger partial charge in [0.1, 0.15) is 6.26 Å². The second-order valence-electron chi connectivity index (χ2n) is 6.29. The number of likely N-dealkylation sites (tertiary alicyclic amines) is 1. The lowest BCUT2D eigenvalue weighted by atomic mass is 9.93. The number of nitrogens with one attached hydrogen (secondary N) is 1. The van der Waals surface area contributed by atoms with Gasteiger partial charge in [-0.15, -0.1) is 12.4 Å². The number of hydrogen-bond acceptors (Lipinski definition) is 4. The molecule has 4 nitrogen and oxygen atoms in total. The number of fused-ring (bicyclic) bond motifs is 1. The Bertz CT molecular complexity index is 661. The van der Waals surface area contributed by atoms with Crippen LogP contribution in [-0.4, -0.2) is 35.6 Å². The minimum atomic E-state index is 0. The molecule has 2 aromatic rings. The second kappa shape index (κ2) is 7.22. The van der Waals surface area contributed by atoms with Gasteiger partial charge >= 0.3 is 0 Å². The number of hydrogen-bond donors (Lipinski definition) is 1. The molecule has 0 aliphatic carbocycles. The first-order valence-electron chi connectivity index (χ1n) is 7.94. The highest BCUT2D eigenvalue weighted by Crippen LogP contribution is 2.26. The Kier molecular flexibility index (Phi) is 5.27. The third kappa shape index (κ3) is 3.72. The highest BCUT2D eigenvalue weighted by molar-refractivity contribution is 6.30. The van der Waals surface area contributed by atoms with E-state index in [1.54, 1.807) is 6.26 Å². The normalized spacial score (nSPS) is 24.2. The van der Waals surface area contributed by atoms with Crippen molar-refractivity contribution >= 4 is 24.0 Å². The van der Waals surface area contributed by atoms with Crippen molar-refractivity contribution in [3.63, 3.8) is 0 Å². The molecule has 2 aliphatic heterocycles. The molecule has 1 aromatic heterocycles. The van der Waals surface area contributed by atoms with Gasteiger partial charge in [0.25, 0.3) is 0 Å². The van der Waals surface area contributed by atoms with Gasteiger partial charge in [-0.25, -0.2) is 4.98 Å². The molecule has 2 aliphatic rings. The quantitative estimate of drug-likeness (QED) is 0.915. The molecule has 0 amide bonds. The van der Waals surface area contributed by atoms with E-state index >= 15 is 0 Å². The SMILES string of the molecule is Cl.Clc1cccc(-c2nc(CN3CCC4NCCC4C3)co2)c1. The minimum Gasteiger partial charge on any atom is -0.444 e. The third-order valence-corrected chi connectivity index (χ3v) is 4.98. The molecule has 2 unspecified atom stereocenters. The minimum absolute atomic E-state index is 0. The number of benzene rings is 1. The van der Waals surface area contributed by atoms with E-state index in [1.165, 1.54) is 19.4 Å². The van der Waals surface area contributed by atoms with Gasteiger partial charge in [-0.05, 0) is 43.5 Å². The number of aromatic nitrogens is 1. The molecule has 0 spiro atoms. The van der Waals surface area contributed by atoms with Crippen LogP contribution in [0.5, 0.6) is 0 Å². The van der Waals surface area contributed by atoms with Crippen LogP contribution < -0.4 is 5.32 Å². The van der Waals surface area contributed by atoms with Crippen LogP contribution in [0.1, 0.15) is 18.5 Å². The number of halogens is 2. The van der Waals surface area contributed by atoms with Gasteiger partial charge in [0.2, 0.25) is 5.89 Å². The molecule has 124 valence electrons. The van der Waals surface area contributed by atoms with Crippen molar-refractivity contribution in [1.29, 1.82) is 0 Å². The van der Waals surface area contributed by atoms with E-state index in [-0.39, 0.29) is 12.4 Å². The fourth-order valence-electron chi connectivity index (χ4n) is 3.63. The first kappa shape index (κ1) is 16.8. The van der Waals surface area contributed by atoms with Crippen molar-refractivity contribution in [2.45, 2.75) is 25.4 Å². The molecule has 0 saturated carbocycles. The van der Waals surface area contributed by atoms with Crippen molar-refractivity contribution < 1.29 is 4.42 Å². The fourth-order valence-corrected chi connectivity index (χ4v) is 3.82. The van der Waals surface area contributed by atoms with Crippen LogP contribution in [0.3, 0.4) is 0 Å². The Labute approximate surface area is 147 Å². The van der Waals surface area contributed by atoms with Gasteiger partial charge in [-0.2, -0.15) is 0 Å². The first-order valence-corrected chi connectivity index (χ1v) is 8.32. The molecular formula is C17H21Cl2N3O. The fraction of sp³-hybridized carbons (Fsp3) is 0.471. The molecule has 6 heteroatoms. The number of oxazole rings is 1. The zero-order chi connectivity index (χ0) is 14.9. The third-order valence-electron chi connectivity index (χ3n) is 4.75. The van der Waals surface area contributed by atoms with Crippen molar-refractivity contribution in [3.05, 3.63) is 41.2 Å². The Morgan fingerprint density at radius 3 is 3.13 bits per heavy atom. The van der Waals surface area contributed by atoms with E-state index < -0.39 is 0 Å². The molecule has 0 bridgehead atoms. The van der Waals surface area contributed by atoms with Gasteiger partial charge in [0, 0.05) is 36.3 Å². The van der Waals surface area contributed by atoms with Crippen molar-refractivity contribution in [1.82, 2.24) is 15.2 Å². The topological polar surface area (TPSA) is 41.3 Å². The molecule has 4 rings (SSSR count). The summed E-state index contributed by atoms with van der Waals surface area (Å²) in [6.07, 6.45) is 4.31. The van der Waals surface area contributed by atoms with Gasteiger partial charge in [-0.3, -0.25) is 4.90 Å². The first-order chi connectivity index (χ1) is 10.8. The Morgan fingerprint density at radius 2 is 2.26 bits per heavy atom. The zero-order valence-electron chi connectivity index (χ0n) is 12.9. The van der Waals surface area contributed by atoms with Crippen LogP contribution in [0, 0.1) is 5.92 Å². The van der Waals surface area contributed by atoms with E-state index in [0.717, 1.165) is 42.9 Å². The van der Waals surface area contributed by atoms with Crippen molar-refractivity contribution in [3.8, 4) is 11.5 Å². The highest BCUT2D eigenvalue weighted by Gasteiger charge is 2.32. The summed E-state index contributed by atoms with van der Waals surface area (Å²) in [6.45, 7) is 4.34. The smallest absolute Gasteiger partial charge is 0.226 e. The summed E-state index contributed by atoms with van der Waals surface area (Å²) in [5, 5.41) is 4.30. The monoisotopic (exact) mass is 353 g/mol. The lowest BCUT2D eigenvalue weighted by Gasteiger charge is -2.34. The van der Waals surface area contributed by atoms with Gasteiger partial charge in [0.05, 0.1) is 5.69 Å². The summed E-state index contributed by atoms with van der Waals surface area (Å²) in [4.78, 5) is 7.11. The summed E-state index contributed by atoms with van der Waals surface area (Å²) in [5.41, 5.74) is 1.93. The number of nitrogens with zero attached hydrogens (tertiary/aromatic N) is 2. The van der Waals surface area contributed by atoms with E-state index in [4.69, 9.17) is 16.0 Å². The van der Waals surface area contributed by atoms with E-state index in [9.17, 15) is 0 Å². The lowest BCUT2D eigenvalue weighted by molar-refractivity contribution is 0.154. The number of rotatable bonds is 3. The molecule has 1 aromatic carbocycles. The maximum Gasteiger partial charge on any atom is 0.226 e. The largest absolute Gasteiger partial charge is 0.444 e. The summed E-state index contributed by atoms with van der Waals surface area (Å²) in [5.74, 6) is 1.45. The average Bonchev–Trinajstić information content (AvgIpc) is 3.16. The Balaban J connectivity index is 0.00000156. The average molecular weight is 354 g/mol. The van der Waals surface area contributed by atoms with Crippen LogP contribution >= 0.6 is 24.0 Å². The van der Waals surface area contributed by atoms with Crippen LogP contribution in [0.25, 0.3) is 11.5 Å². The van der Waals surface area contributed by atoms with Crippen molar-refractivity contribution in [2.24, 2.45) is 5.92 Å². The van der Waals surface area contributed by atoms with Gasteiger partial charge < -0.3 is 9.73 Å². The second-order valence-corrected chi connectivity index (χ2v) is 6.72. The number of piperidine rings is 1. The summed E-state index contributed by atoms with van der Waals surface area (Å²) < 4.78 is 5.63. The summed E-state index contributed by atoms with van der Waals surface area (Å²) in [6, 6.07) is 8.36. The summed E-state index contributed by atoms with van der Waals surface area (Å²) in [7, 11) is 0. The van der Waals surface area contributed by atoms with E-state index in [0.29, 0.717) is 10.9 Å². The molecule has 1 N–H and O–H groups in total. The van der Waals surface area contributed by atoms with Gasteiger partial charge in [0.15, 0.2) is 0 Å². The Morgan fingerprint density at radius 1 is 1.35 bits per heavy atom. The van der Waals surface area contributed by atoms with Crippen LogP contribution in [0.15, 0.2) is 34.9 Å². The maximum atomic E-state index is 6.03. The van der Waals surface area contributed by atoms with E-state index in [2.05, 4.69) is 15.2 Å². The van der Waals surface area contributed by atoms with Crippen molar-refractivity contribution in [2.75, 3.05) is 19.6 Å². The lowest BCUT2D eigenvalue weighted by Crippen LogP contribution is -2.43. The molecule has 0 radical (unpaired) electrons. The zero-order valence-corrected chi connectivity index (χ0v) is 14.4. The van der Waals surface area contributed by atoms with E-state index in [1.807, 2.05) is 24.3 Å².